The molecule has 3 rings (SSSR count). The zero-order valence-corrected chi connectivity index (χ0v) is 12.2. The van der Waals surface area contributed by atoms with Crippen LogP contribution in [0.3, 0.4) is 0 Å². The van der Waals surface area contributed by atoms with Crippen molar-refractivity contribution < 1.29 is 9.47 Å². The van der Waals surface area contributed by atoms with Crippen LogP contribution >= 0.6 is 0 Å². The van der Waals surface area contributed by atoms with E-state index in [9.17, 15) is 0 Å². The van der Waals surface area contributed by atoms with Crippen molar-refractivity contribution in [3.8, 4) is 5.75 Å². The monoisotopic (exact) mass is 275 g/mol. The molecule has 0 aliphatic carbocycles. The number of hydrogen-bond acceptors (Lipinski definition) is 4. The number of para-hydroxylation sites is 1. The van der Waals surface area contributed by atoms with E-state index < -0.39 is 0 Å². The van der Waals surface area contributed by atoms with Crippen molar-refractivity contribution in [2.24, 2.45) is 0 Å². The molecule has 1 atom stereocenters. The van der Waals surface area contributed by atoms with Gasteiger partial charge < -0.3 is 19.8 Å². The lowest BCUT2D eigenvalue weighted by Crippen LogP contribution is -2.35. The summed E-state index contributed by atoms with van der Waals surface area (Å²) in [7, 11) is 1.65. The molecule has 0 bridgehead atoms. The number of nitrogens with zero attached hydrogens (tertiary/aromatic N) is 2. The molecule has 1 aliphatic rings. The number of nitrogens with two attached hydrogens (primary N) is 1. The van der Waals surface area contributed by atoms with Gasteiger partial charge in [0, 0.05) is 12.6 Å². The Labute approximate surface area is 118 Å². The molecule has 0 spiro atoms. The van der Waals surface area contributed by atoms with Gasteiger partial charge in [-0.3, -0.25) is 0 Å². The zero-order valence-electron chi connectivity index (χ0n) is 12.2. The van der Waals surface area contributed by atoms with Gasteiger partial charge in [0.15, 0.2) is 0 Å². The summed E-state index contributed by atoms with van der Waals surface area (Å²) in [5, 5.41) is 0. The van der Waals surface area contributed by atoms with Crippen molar-refractivity contribution >= 4 is 17.0 Å². The first kappa shape index (κ1) is 13.2. The lowest BCUT2D eigenvalue weighted by atomic mass is 9.93. The van der Waals surface area contributed by atoms with Crippen molar-refractivity contribution in [2.45, 2.75) is 38.3 Å². The summed E-state index contributed by atoms with van der Waals surface area (Å²) in [5.41, 5.74) is 7.89. The SMILES string of the molecule is COc1cccc2c1nc(N)n2C1CCOC(C)(C)C1. The predicted octanol–water partition coefficient (Wildman–Crippen LogP) is 2.76. The molecule has 5 heteroatoms. The lowest BCUT2D eigenvalue weighted by molar-refractivity contribution is -0.0682. The highest BCUT2D eigenvalue weighted by Crippen LogP contribution is 2.37. The van der Waals surface area contributed by atoms with E-state index in [1.165, 1.54) is 0 Å². The number of imidazole rings is 1. The average molecular weight is 275 g/mol. The summed E-state index contributed by atoms with van der Waals surface area (Å²) in [4.78, 5) is 4.48. The van der Waals surface area contributed by atoms with Gasteiger partial charge in [0.1, 0.15) is 11.3 Å². The standard InChI is InChI=1S/C15H21N3O2/c1-15(2)9-10(7-8-20-15)18-11-5-4-6-12(19-3)13(11)17-14(18)16/h4-6,10H,7-9H2,1-3H3,(H2,16,17). The third-order valence-corrected chi connectivity index (χ3v) is 3.97. The van der Waals surface area contributed by atoms with Gasteiger partial charge in [0.05, 0.1) is 18.2 Å². The van der Waals surface area contributed by atoms with Gasteiger partial charge in [0.25, 0.3) is 0 Å². The van der Waals surface area contributed by atoms with E-state index in [1.54, 1.807) is 7.11 Å². The van der Waals surface area contributed by atoms with Gasteiger partial charge >= 0.3 is 0 Å². The number of rotatable bonds is 2. The van der Waals surface area contributed by atoms with Crippen molar-refractivity contribution in [1.82, 2.24) is 9.55 Å². The molecule has 0 amide bonds. The molecular weight excluding hydrogens is 254 g/mol. The molecule has 1 aromatic heterocycles. The Morgan fingerprint density at radius 2 is 2.25 bits per heavy atom. The first-order chi connectivity index (χ1) is 9.52. The second-order valence-corrected chi connectivity index (χ2v) is 5.92. The molecule has 1 aromatic carbocycles. The minimum Gasteiger partial charge on any atom is -0.494 e. The summed E-state index contributed by atoms with van der Waals surface area (Å²) in [5.74, 6) is 1.31. The highest BCUT2D eigenvalue weighted by molar-refractivity contribution is 5.84. The van der Waals surface area contributed by atoms with Crippen LogP contribution in [0, 0.1) is 0 Å². The Morgan fingerprint density at radius 1 is 1.45 bits per heavy atom. The van der Waals surface area contributed by atoms with Crippen molar-refractivity contribution in [3.63, 3.8) is 0 Å². The highest BCUT2D eigenvalue weighted by Gasteiger charge is 2.31. The molecule has 20 heavy (non-hydrogen) atoms. The van der Waals surface area contributed by atoms with Crippen molar-refractivity contribution in [2.75, 3.05) is 19.5 Å². The number of methoxy groups -OCH3 is 1. The number of fused-ring (bicyclic) bond motifs is 1. The number of aromatic nitrogens is 2. The maximum absolute atomic E-state index is 6.15. The molecule has 2 N–H and O–H groups in total. The lowest BCUT2D eigenvalue weighted by Gasteiger charge is -2.36. The fourth-order valence-electron chi connectivity index (χ4n) is 3.08. The predicted molar refractivity (Wildman–Crippen MR) is 79.0 cm³/mol. The van der Waals surface area contributed by atoms with Crippen molar-refractivity contribution in [3.05, 3.63) is 18.2 Å². The molecule has 108 valence electrons. The van der Waals surface area contributed by atoms with Gasteiger partial charge in [-0.1, -0.05) is 6.07 Å². The maximum Gasteiger partial charge on any atom is 0.201 e. The molecule has 2 heterocycles. The molecule has 0 saturated carbocycles. The first-order valence-corrected chi connectivity index (χ1v) is 6.96. The molecular formula is C15H21N3O2. The quantitative estimate of drug-likeness (QED) is 0.915. The van der Waals surface area contributed by atoms with E-state index in [1.807, 2.05) is 18.2 Å². The van der Waals surface area contributed by atoms with Crippen LogP contribution in [0.2, 0.25) is 0 Å². The van der Waals surface area contributed by atoms with E-state index >= 15 is 0 Å². The second-order valence-electron chi connectivity index (χ2n) is 5.92. The fourth-order valence-corrected chi connectivity index (χ4v) is 3.08. The minimum absolute atomic E-state index is 0.120. The Kier molecular flexibility index (Phi) is 3.09. The average Bonchev–Trinajstić information content (AvgIpc) is 2.73. The topological polar surface area (TPSA) is 62.3 Å². The summed E-state index contributed by atoms with van der Waals surface area (Å²) < 4.78 is 13.3. The van der Waals surface area contributed by atoms with Crippen LogP contribution < -0.4 is 10.5 Å². The Hall–Kier alpha value is -1.75. The van der Waals surface area contributed by atoms with E-state index in [-0.39, 0.29) is 5.60 Å². The minimum atomic E-state index is -0.120. The van der Waals surface area contributed by atoms with Gasteiger partial charge in [-0.05, 0) is 38.8 Å². The molecule has 1 saturated heterocycles. The number of ether oxygens (including phenoxy) is 2. The van der Waals surface area contributed by atoms with Gasteiger partial charge in [0.2, 0.25) is 5.95 Å². The number of hydrogen-bond donors (Lipinski definition) is 1. The van der Waals surface area contributed by atoms with Crippen LogP contribution in [0.4, 0.5) is 5.95 Å². The van der Waals surface area contributed by atoms with Crippen LogP contribution in [0.15, 0.2) is 18.2 Å². The number of nitrogen functional groups attached to an aromatic ring is 1. The molecule has 1 unspecified atom stereocenters. The van der Waals surface area contributed by atoms with Crippen molar-refractivity contribution in [1.29, 1.82) is 0 Å². The summed E-state index contributed by atoms with van der Waals surface area (Å²) in [6.07, 6.45) is 1.89. The first-order valence-electron chi connectivity index (χ1n) is 6.96. The van der Waals surface area contributed by atoms with Gasteiger partial charge in [-0.2, -0.15) is 0 Å². The Bertz CT molecular complexity index is 633. The van der Waals surface area contributed by atoms with E-state index in [0.717, 1.165) is 36.2 Å². The zero-order chi connectivity index (χ0) is 14.3. The molecule has 0 radical (unpaired) electrons. The number of anilines is 1. The third-order valence-electron chi connectivity index (χ3n) is 3.97. The molecule has 5 nitrogen and oxygen atoms in total. The van der Waals surface area contributed by atoms with Crippen LogP contribution in [0.5, 0.6) is 5.75 Å². The Balaban J connectivity index is 2.09. The normalized spacial score (nSPS) is 22.1. The van der Waals surface area contributed by atoms with Gasteiger partial charge in [-0.25, -0.2) is 4.98 Å². The summed E-state index contributed by atoms with van der Waals surface area (Å²) in [6, 6.07) is 6.25. The Morgan fingerprint density at radius 3 is 2.95 bits per heavy atom. The smallest absolute Gasteiger partial charge is 0.201 e. The number of benzene rings is 1. The van der Waals surface area contributed by atoms with Gasteiger partial charge in [-0.15, -0.1) is 0 Å². The van der Waals surface area contributed by atoms with E-state index in [2.05, 4.69) is 23.4 Å². The third kappa shape index (κ3) is 2.12. The van der Waals surface area contributed by atoms with Crippen LogP contribution in [0.1, 0.15) is 32.7 Å². The molecule has 2 aromatic rings. The molecule has 1 fully saturated rings. The van der Waals surface area contributed by atoms with Crippen LogP contribution in [0.25, 0.3) is 11.0 Å². The second kappa shape index (κ2) is 4.66. The fraction of sp³-hybridized carbons (Fsp3) is 0.533. The largest absolute Gasteiger partial charge is 0.494 e. The van der Waals surface area contributed by atoms with E-state index in [0.29, 0.717) is 12.0 Å². The summed E-state index contributed by atoms with van der Waals surface area (Å²) >= 11 is 0. The molecule has 1 aliphatic heterocycles. The summed E-state index contributed by atoms with van der Waals surface area (Å²) in [6.45, 7) is 4.99. The maximum atomic E-state index is 6.15. The van der Waals surface area contributed by atoms with E-state index in [4.69, 9.17) is 15.2 Å². The van der Waals surface area contributed by atoms with Crippen LogP contribution in [-0.4, -0.2) is 28.9 Å². The van der Waals surface area contributed by atoms with Crippen LogP contribution in [-0.2, 0) is 4.74 Å². The highest BCUT2D eigenvalue weighted by atomic mass is 16.5.